The summed E-state index contributed by atoms with van der Waals surface area (Å²) in [6.45, 7) is 2.87. The van der Waals surface area contributed by atoms with E-state index in [0.717, 1.165) is 5.52 Å². The second-order valence-corrected chi connectivity index (χ2v) is 6.21. The first-order chi connectivity index (χ1) is 12.5. The molecule has 3 rings (SSSR count). The van der Waals surface area contributed by atoms with E-state index in [1.54, 1.807) is 25.1 Å². The Balaban J connectivity index is 1.56. The molecule has 8 heteroatoms. The van der Waals surface area contributed by atoms with Gasteiger partial charge in [-0.3, -0.25) is 0 Å². The second kappa shape index (κ2) is 8.25. The van der Waals surface area contributed by atoms with Gasteiger partial charge in [0.1, 0.15) is 28.6 Å². The first-order valence-electron chi connectivity index (χ1n) is 8.23. The number of ether oxygens (including phenoxy) is 1. The molecule has 0 bridgehead atoms. The fourth-order valence-corrected chi connectivity index (χ4v) is 2.66. The molecule has 0 spiro atoms. The molecule has 0 saturated carbocycles. The molecular weight excluding hydrogens is 357 g/mol. The summed E-state index contributed by atoms with van der Waals surface area (Å²) >= 11 is 5.94. The number of fused-ring (bicyclic) bond motifs is 1. The van der Waals surface area contributed by atoms with Crippen molar-refractivity contribution in [2.75, 3.05) is 18.5 Å². The number of halogens is 2. The summed E-state index contributed by atoms with van der Waals surface area (Å²) in [5.74, 6) is 0.894. The van der Waals surface area contributed by atoms with Gasteiger partial charge in [0.2, 0.25) is 0 Å². The molecule has 0 saturated heterocycles. The Labute approximate surface area is 155 Å². The number of hydrogen-bond acceptors (Lipinski definition) is 6. The van der Waals surface area contributed by atoms with E-state index in [-0.39, 0.29) is 11.9 Å². The largest absolute Gasteiger partial charge is 0.493 e. The van der Waals surface area contributed by atoms with Gasteiger partial charge in [0.15, 0.2) is 5.82 Å². The number of rotatable bonds is 7. The van der Waals surface area contributed by atoms with Crippen LogP contribution in [0, 0.1) is 5.82 Å². The van der Waals surface area contributed by atoms with Crippen LogP contribution < -0.4 is 15.8 Å². The molecule has 1 unspecified atom stereocenters. The summed E-state index contributed by atoms with van der Waals surface area (Å²) in [7, 11) is 0. The van der Waals surface area contributed by atoms with Crippen molar-refractivity contribution in [2.45, 2.75) is 19.4 Å². The van der Waals surface area contributed by atoms with Gasteiger partial charge >= 0.3 is 0 Å². The summed E-state index contributed by atoms with van der Waals surface area (Å²) in [4.78, 5) is 12.6. The van der Waals surface area contributed by atoms with E-state index in [0.29, 0.717) is 47.4 Å². The molecular formula is C18H19ClFN5O. The molecule has 1 aromatic carbocycles. The number of anilines is 1. The number of nitrogens with one attached hydrogen (secondary N) is 1. The molecule has 0 amide bonds. The molecule has 2 aromatic heterocycles. The number of aromatic nitrogens is 3. The lowest BCUT2D eigenvalue weighted by molar-refractivity contribution is 0.309. The zero-order chi connectivity index (χ0) is 18.5. The van der Waals surface area contributed by atoms with Gasteiger partial charge in [0.05, 0.1) is 12.1 Å². The third-order valence-corrected chi connectivity index (χ3v) is 3.99. The van der Waals surface area contributed by atoms with Gasteiger partial charge in [0, 0.05) is 18.2 Å². The van der Waals surface area contributed by atoms with Crippen LogP contribution in [0.2, 0.25) is 5.15 Å². The summed E-state index contributed by atoms with van der Waals surface area (Å²) in [6.07, 6.45) is 2.19. The Hall–Kier alpha value is -2.51. The maximum absolute atomic E-state index is 13.3. The molecule has 0 fully saturated rings. The molecule has 0 aliphatic heterocycles. The number of nitrogens with two attached hydrogens (primary N) is 1. The van der Waals surface area contributed by atoms with E-state index in [2.05, 4.69) is 20.3 Å². The summed E-state index contributed by atoms with van der Waals surface area (Å²) in [5.41, 5.74) is 7.86. The van der Waals surface area contributed by atoms with Crippen molar-refractivity contribution < 1.29 is 9.13 Å². The van der Waals surface area contributed by atoms with Crippen LogP contribution in [0.1, 0.15) is 24.9 Å². The van der Waals surface area contributed by atoms with E-state index in [4.69, 9.17) is 22.1 Å². The van der Waals surface area contributed by atoms with E-state index in [1.165, 1.54) is 18.5 Å². The van der Waals surface area contributed by atoms with Gasteiger partial charge in [-0.05, 0) is 43.7 Å². The lowest BCUT2D eigenvalue weighted by Gasteiger charge is -2.14. The van der Waals surface area contributed by atoms with Crippen molar-refractivity contribution in [3.63, 3.8) is 0 Å². The average Bonchev–Trinajstić information content (AvgIpc) is 2.62. The molecule has 136 valence electrons. The zero-order valence-electron chi connectivity index (χ0n) is 14.2. The predicted octanol–water partition coefficient (Wildman–Crippen LogP) is 3.72. The van der Waals surface area contributed by atoms with Crippen molar-refractivity contribution in [3.8, 4) is 5.75 Å². The molecule has 1 atom stereocenters. The van der Waals surface area contributed by atoms with Crippen LogP contribution in [-0.4, -0.2) is 28.1 Å². The van der Waals surface area contributed by atoms with Crippen LogP contribution >= 0.6 is 11.6 Å². The van der Waals surface area contributed by atoms with Gasteiger partial charge in [-0.2, -0.15) is 0 Å². The number of benzene rings is 1. The van der Waals surface area contributed by atoms with E-state index >= 15 is 0 Å². The van der Waals surface area contributed by atoms with Gasteiger partial charge in [-0.25, -0.2) is 19.3 Å². The Kier molecular flexibility index (Phi) is 5.80. The first-order valence-corrected chi connectivity index (χ1v) is 8.61. The first kappa shape index (κ1) is 18.3. The highest BCUT2D eigenvalue weighted by molar-refractivity contribution is 6.29. The van der Waals surface area contributed by atoms with Crippen LogP contribution in [0.4, 0.5) is 10.2 Å². The maximum atomic E-state index is 13.3. The number of pyridine rings is 1. The van der Waals surface area contributed by atoms with Gasteiger partial charge in [-0.15, -0.1) is 0 Å². The maximum Gasteiger partial charge on any atom is 0.156 e. The third kappa shape index (κ3) is 4.36. The SMILES string of the molecule is CC(N)c1cc(F)ccc1OCCCNc1ncnc2ccc(Cl)nc12. The minimum Gasteiger partial charge on any atom is -0.493 e. The lowest BCUT2D eigenvalue weighted by Crippen LogP contribution is -2.12. The summed E-state index contributed by atoms with van der Waals surface area (Å²) in [5, 5.41) is 3.60. The van der Waals surface area contributed by atoms with Crippen molar-refractivity contribution in [1.82, 2.24) is 15.0 Å². The van der Waals surface area contributed by atoms with Crippen LogP contribution in [0.5, 0.6) is 5.75 Å². The predicted molar refractivity (Wildman–Crippen MR) is 99.9 cm³/mol. The smallest absolute Gasteiger partial charge is 0.156 e. The minimum atomic E-state index is -0.326. The standard InChI is InChI=1S/C18H19ClFN5O/c1-11(21)13-9-12(20)3-5-15(13)26-8-2-7-22-18-17-14(23-10-24-18)4-6-16(19)25-17/h3-6,9-11H,2,7-8,21H2,1H3,(H,22,23,24). The molecule has 0 radical (unpaired) electrons. The Morgan fingerprint density at radius 1 is 1.27 bits per heavy atom. The van der Waals surface area contributed by atoms with Crippen LogP contribution in [0.25, 0.3) is 11.0 Å². The third-order valence-electron chi connectivity index (χ3n) is 3.78. The van der Waals surface area contributed by atoms with Crippen molar-refractivity contribution >= 4 is 28.5 Å². The van der Waals surface area contributed by atoms with E-state index in [1.807, 2.05) is 0 Å². The summed E-state index contributed by atoms with van der Waals surface area (Å²) in [6, 6.07) is 7.55. The van der Waals surface area contributed by atoms with Crippen LogP contribution in [0.3, 0.4) is 0 Å². The zero-order valence-corrected chi connectivity index (χ0v) is 15.0. The van der Waals surface area contributed by atoms with Crippen LogP contribution in [-0.2, 0) is 0 Å². The van der Waals surface area contributed by atoms with Gasteiger partial charge < -0.3 is 15.8 Å². The number of hydrogen-bond donors (Lipinski definition) is 2. The summed E-state index contributed by atoms with van der Waals surface area (Å²) < 4.78 is 19.1. The fraction of sp³-hybridized carbons (Fsp3) is 0.278. The van der Waals surface area contributed by atoms with E-state index in [9.17, 15) is 4.39 Å². The number of nitrogens with zero attached hydrogens (tertiary/aromatic N) is 3. The molecule has 3 N–H and O–H groups in total. The molecule has 26 heavy (non-hydrogen) atoms. The van der Waals surface area contributed by atoms with Crippen molar-refractivity contribution in [1.29, 1.82) is 0 Å². The Morgan fingerprint density at radius 3 is 2.92 bits per heavy atom. The van der Waals surface area contributed by atoms with Gasteiger partial charge in [0.25, 0.3) is 0 Å². The average molecular weight is 376 g/mol. The molecule has 6 nitrogen and oxygen atoms in total. The van der Waals surface area contributed by atoms with Crippen molar-refractivity contribution in [3.05, 3.63) is 53.2 Å². The quantitative estimate of drug-likeness (QED) is 0.483. The Bertz CT molecular complexity index is 906. The lowest BCUT2D eigenvalue weighted by atomic mass is 10.1. The second-order valence-electron chi connectivity index (χ2n) is 5.82. The Morgan fingerprint density at radius 2 is 2.12 bits per heavy atom. The molecule has 0 aliphatic rings. The highest BCUT2D eigenvalue weighted by Crippen LogP contribution is 2.25. The fourth-order valence-electron chi connectivity index (χ4n) is 2.51. The van der Waals surface area contributed by atoms with Crippen LogP contribution in [0.15, 0.2) is 36.7 Å². The molecule has 3 aromatic rings. The normalized spacial score (nSPS) is 12.2. The van der Waals surface area contributed by atoms with Crippen molar-refractivity contribution in [2.24, 2.45) is 5.73 Å². The topological polar surface area (TPSA) is 86.0 Å². The molecule has 0 aliphatic carbocycles. The monoisotopic (exact) mass is 375 g/mol. The minimum absolute atomic E-state index is 0.304. The highest BCUT2D eigenvalue weighted by Gasteiger charge is 2.10. The van der Waals surface area contributed by atoms with Gasteiger partial charge in [-0.1, -0.05) is 11.6 Å². The van der Waals surface area contributed by atoms with E-state index < -0.39 is 0 Å². The highest BCUT2D eigenvalue weighted by atomic mass is 35.5. The molecule has 2 heterocycles.